The third kappa shape index (κ3) is 2.32. The third-order valence-electron chi connectivity index (χ3n) is 4.37. The average Bonchev–Trinajstić information content (AvgIpc) is 2.83. The van der Waals surface area contributed by atoms with Crippen molar-refractivity contribution in [1.82, 2.24) is 4.57 Å². The van der Waals surface area contributed by atoms with Gasteiger partial charge in [-0.25, -0.2) is 9.18 Å². The van der Waals surface area contributed by atoms with Gasteiger partial charge in [-0.3, -0.25) is 0 Å². The number of carboxylic acids is 1. The van der Waals surface area contributed by atoms with Crippen LogP contribution < -0.4 is 0 Å². The Kier molecular flexibility index (Phi) is 3.77. The van der Waals surface area contributed by atoms with Gasteiger partial charge in [0.05, 0.1) is 11.3 Å². The molecule has 1 aromatic carbocycles. The van der Waals surface area contributed by atoms with Crippen LogP contribution in [-0.2, 0) is 13.0 Å². The summed E-state index contributed by atoms with van der Waals surface area (Å²) in [6, 6.07) is 6.11. The fraction of sp³-hybridized carbons (Fsp3) is 0.389. The largest absolute Gasteiger partial charge is 0.478 e. The molecule has 0 atom stereocenters. The van der Waals surface area contributed by atoms with E-state index < -0.39 is 5.97 Å². The zero-order valence-electron chi connectivity index (χ0n) is 12.9. The molecule has 2 aromatic rings. The van der Waals surface area contributed by atoms with E-state index in [-0.39, 0.29) is 11.7 Å². The molecule has 22 heavy (non-hydrogen) atoms. The van der Waals surface area contributed by atoms with Crippen LogP contribution in [0.25, 0.3) is 11.3 Å². The van der Waals surface area contributed by atoms with E-state index in [1.165, 1.54) is 12.1 Å². The minimum Gasteiger partial charge on any atom is -0.478 e. The first-order valence-corrected chi connectivity index (χ1v) is 7.75. The zero-order valence-corrected chi connectivity index (χ0v) is 12.9. The fourth-order valence-corrected chi connectivity index (χ4v) is 3.51. The molecule has 1 aromatic heterocycles. The first-order valence-electron chi connectivity index (χ1n) is 7.75. The van der Waals surface area contributed by atoms with E-state index in [1.54, 1.807) is 12.1 Å². The van der Waals surface area contributed by atoms with E-state index >= 15 is 0 Å². The number of halogens is 1. The van der Waals surface area contributed by atoms with E-state index in [1.807, 2.05) is 13.8 Å². The van der Waals surface area contributed by atoms with Crippen LogP contribution in [0.1, 0.15) is 54.2 Å². The third-order valence-corrected chi connectivity index (χ3v) is 4.37. The minimum absolute atomic E-state index is 0.152. The van der Waals surface area contributed by atoms with Crippen molar-refractivity contribution in [3.8, 4) is 11.3 Å². The van der Waals surface area contributed by atoms with Crippen molar-refractivity contribution in [1.29, 1.82) is 0 Å². The second-order valence-corrected chi connectivity index (χ2v) is 6.16. The molecule has 0 radical (unpaired) electrons. The van der Waals surface area contributed by atoms with Crippen LogP contribution in [0.5, 0.6) is 0 Å². The molecule has 0 saturated carbocycles. The molecule has 0 bridgehead atoms. The Bertz CT molecular complexity index is 714. The second kappa shape index (κ2) is 5.59. The lowest BCUT2D eigenvalue weighted by Crippen LogP contribution is -2.12. The molecule has 3 rings (SSSR count). The summed E-state index contributed by atoms with van der Waals surface area (Å²) in [5.74, 6) is -1.06. The average molecular weight is 301 g/mol. The van der Waals surface area contributed by atoms with Crippen LogP contribution in [0.15, 0.2) is 24.3 Å². The van der Waals surface area contributed by atoms with E-state index in [0.717, 1.165) is 48.3 Å². The van der Waals surface area contributed by atoms with Crippen molar-refractivity contribution in [3.05, 3.63) is 46.9 Å². The molecule has 0 aliphatic carbocycles. The Morgan fingerprint density at radius 1 is 1.23 bits per heavy atom. The molecule has 0 saturated heterocycles. The van der Waals surface area contributed by atoms with Crippen LogP contribution in [-0.4, -0.2) is 15.6 Å². The van der Waals surface area contributed by atoms with E-state index in [0.29, 0.717) is 5.56 Å². The Hall–Kier alpha value is -2.10. The maximum absolute atomic E-state index is 13.2. The lowest BCUT2D eigenvalue weighted by molar-refractivity contribution is 0.0696. The number of fused-ring (bicyclic) bond motifs is 1. The topological polar surface area (TPSA) is 42.2 Å². The molecule has 1 aliphatic heterocycles. The van der Waals surface area contributed by atoms with E-state index in [9.17, 15) is 14.3 Å². The van der Waals surface area contributed by atoms with Gasteiger partial charge in [-0.15, -0.1) is 0 Å². The Labute approximate surface area is 129 Å². The van der Waals surface area contributed by atoms with Crippen LogP contribution in [0.4, 0.5) is 4.39 Å². The molecule has 3 nitrogen and oxygen atoms in total. The molecular formula is C18H20FNO2. The molecule has 116 valence electrons. The fourth-order valence-electron chi connectivity index (χ4n) is 3.51. The second-order valence-electron chi connectivity index (χ2n) is 6.16. The van der Waals surface area contributed by atoms with Crippen molar-refractivity contribution in [3.63, 3.8) is 0 Å². The summed E-state index contributed by atoms with van der Waals surface area (Å²) in [5.41, 5.74) is 3.96. The van der Waals surface area contributed by atoms with E-state index in [4.69, 9.17) is 0 Å². The highest BCUT2D eigenvalue weighted by Gasteiger charge is 2.30. The van der Waals surface area contributed by atoms with Gasteiger partial charge < -0.3 is 9.67 Å². The van der Waals surface area contributed by atoms with Crippen LogP contribution >= 0.6 is 0 Å². The number of nitrogens with zero attached hydrogens (tertiary/aromatic N) is 1. The van der Waals surface area contributed by atoms with Gasteiger partial charge in [-0.05, 0) is 60.6 Å². The molecule has 4 heteroatoms. The predicted octanol–water partition coefficient (Wildman–Crippen LogP) is 4.45. The summed E-state index contributed by atoms with van der Waals surface area (Å²) >= 11 is 0. The monoisotopic (exact) mass is 301 g/mol. The van der Waals surface area contributed by atoms with Crippen LogP contribution in [0.3, 0.4) is 0 Å². The van der Waals surface area contributed by atoms with Crippen molar-refractivity contribution in [2.75, 3.05) is 0 Å². The number of carboxylic acid groups (broad SMARTS) is 1. The maximum atomic E-state index is 13.2. The smallest absolute Gasteiger partial charge is 0.338 e. The van der Waals surface area contributed by atoms with Crippen molar-refractivity contribution in [2.45, 2.75) is 45.6 Å². The molecule has 0 amide bonds. The number of carbonyl (C=O) groups is 1. The molecule has 1 N–H and O–H groups in total. The minimum atomic E-state index is -0.898. The number of hydrogen-bond acceptors (Lipinski definition) is 1. The molecule has 1 aliphatic rings. The summed E-state index contributed by atoms with van der Waals surface area (Å²) in [5, 5.41) is 9.77. The first-order chi connectivity index (χ1) is 10.5. The zero-order chi connectivity index (χ0) is 15.9. The standard InChI is InChI=1S/C18H20FNO2/c1-11(2)15-14-5-3-4-10-20(14)17(16(15)18(21)22)12-6-8-13(19)9-7-12/h6-9,11H,3-5,10H2,1-2H3,(H,21,22). The van der Waals surface area contributed by atoms with Crippen molar-refractivity contribution >= 4 is 5.97 Å². The SMILES string of the molecule is CC(C)c1c(C(=O)O)c(-c2ccc(F)cc2)n2c1CCCC2. The van der Waals surface area contributed by atoms with Crippen molar-refractivity contribution in [2.24, 2.45) is 0 Å². The molecule has 0 spiro atoms. The number of aromatic nitrogens is 1. The molecule has 2 heterocycles. The normalized spacial score (nSPS) is 14.2. The van der Waals surface area contributed by atoms with Crippen LogP contribution in [0, 0.1) is 5.82 Å². The Morgan fingerprint density at radius 3 is 2.50 bits per heavy atom. The van der Waals surface area contributed by atoms with Gasteiger partial charge in [0.1, 0.15) is 5.82 Å². The highest BCUT2D eigenvalue weighted by Crippen LogP contribution is 2.38. The number of benzene rings is 1. The Balaban J connectivity index is 2.32. The number of rotatable bonds is 3. The van der Waals surface area contributed by atoms with Gasteiger partial charge in [0.2, 0.25) is 0 Å². The summed E-state index contributed by atoms with van der Waals surface area (Å²) in [6.45, 7) is 4.90. The molecular weight excluding hydrogens is 281 g/mol. The predicted molar refractivity (Wildman–Crippen MR) is 83.8 cm³/mol. The molecule has 0 unspecified atom stereocenters. The van der Waals surface area contributed by atoms with E-state index in [2.05, 4.69) is 4.57 Å². The first kappa shape index (κ1) is 14.8. The van der Waals surface area contributed by atoms with Gasteiger partial charge in [-0.2, -0.15) is 0 Å². The lowest BCUT2D eigenvalue weighted by Gasteiger charge is -2.19. The maximum Gasteiger partial charge on any atom is 0.338 e. The number of aromatic carboxylic acids is 1. The summed E-state index contributed by atoms with van der Waals surface area (Å²) < 4.78 is 15.3. The van der Waals surface area contributed by atoms with Gasteiger partial charge >= 0.3 is 5.97 Å². The van der Waals surface area contributed by atoms with Gasteiger partial charge in [0.15, 0.2) is 0 Å². The van der Waals surface area contributed by atoms with Crippen molar-refractivity contribution < 1.29 is 14.3 Å². The Morgan fingerprint density at radius 2 is 1.91 bits per heavy atom. The van der Waals surface area contributed by atoms with Gasteiger partial charge in [0.25, 0.3) is 0 Å². The van der Waals surface area contributed by atoms with Gasteiger partial charge in [-0.1, -0.05) is 13.8 Å². The summed E-state index contributed by atoms with van der Waals surface area (Å²) in [4.78, 5) is 11.9. The highest BCUT2D eigenvalue weighted by molar-refractivity contribution is 5.98. The lowest BCUT2D eigenvalue weighted by atomic mass is 9.94. The highest BCUT2D eigenvalue weighted by atomic mass is 19.1. The number of hydrogen-bond donors (Lipinski definition) is 1. The van der Waals surface area contributed by atoms with Gasteiger partial charge in [0, 0.05) is 12.2 Å². The van der Waals surface area contributed by atoms with Crippen LogP contribution in [0.2, 0.25) is 0 Å². The molecule has 0 fully saturated rings. The summed E-state index contributed by atoms with van der Waals surface area (Å²) in [7, 11) is 0. The summed E-state index contributed by atoms with van der Waals surface area (Å²) in [6.07, 6.45) is 3.05. The quantitative estimate of drug-likeness (QED) is 0.910.